The molecule has 1 aromatic carbocycles. The van der Waals surface area contributed by atoms with Crippen LogP contribution in [0.25, 0.3) is 0 Å². The highest BCUT2D eigenvalue weighted by atomic mass is 16.5. The summed E-state index contributed by atoms with van der Waals surface area (Å²) in [7, 11) is 0. The molecule has 0 saturated carbocycles. The largest absolute Gasteiger partial charge is 0.491 e. The monoisotopic (exact) mass is 332 g/mol. The minimum atomic E-state index is -0.212. The first kappa shape index (κ1) is 18.3. The lowest BCUT2D eigenvalue weighted by Gasteiger charge is -2.22. The van der Waals surface area contributed by atoms with Gasteiger partial charge in [-0.1, -0.05) is 51.1 Å². The van der Waals surface area contributed by atoms with E-state index in [1.54, 1.807) is 0 Å². The van der Waals surface area contributed by atoms with Crippen LogP contribution < -0.4 is 15.4 Å². The molecule has 5 heteroatoms. The van der Waals surface area contributed by atoms with Crippen molar-refractivity contribution in [3.63, 3.8) is 0 Å². The average Bonchev–Trinajstić information content (AvgIpc) is 2.98. The molecule has 2 rings (SSSR count). The van der Waals surface area contributed by atoms with E-state index in [1.807, 2.05) is 30.4 Å². The van der Waals surface area contributed by atoms with Crippen molar-refractivity contribution < 1.29 is 14.6 Å². The Morgan fingerprint density at radius 3 is 2.71 bits per heavy atom. The van der Waals surface area contributed by atoms with Crippen LogP contribution in [0.3, 0.4) is 0 Å². The molecule has 0 bridgehead atoms. The first-order valence-electron chi connectivity index (χ1n) is 8.46. The summed E-state index contributed by atoms with van der Waals surface area (Å²) in [6.07, 6.45) is 4.62. The van der Waals surface area contributed by atoms with Gasteiger partial charge in [-0.25, -0.2) is 4.79 Å². The number of hydrogen-bond acceptors (Lipinski definition) is 3. The Labute approximate surface area is 144 Å². The second kappa shape index (κ2) is 8.20. The van der Waals surface area contributed by atoms with Crippen LogP contribution >= 0.6 is 0 Å². The molecule has 0 spiro atoms. The van der Waals surface area contributed by atoms with Crippen LogP contribution in [-0.2, 0) is 5.41 Å². The minimum absolute atomic E-state index is 0.00955. The highest BCUT2D eigenvalue weighted by Gasteiger charge is 2.20. The molecular weight excluding hydrogens is 304 g/mol. The number of nitrogens with one attached hydrogen (secondary N) is 2. The van der Waals surface area contributed by atoms with Crippen molar-refractivity contribution in [2.24, 2.45) is 5.92 Å². The molecule has 2 amide bonds. The first-order valence-corrected chi connectivity index (χ1v) is 8.46. The smallest absolute Gasteiger partial charge is 0.315 e. The molecule has 2 atom stereocenters. The van der Waals surface area contributed by atoms with Crippen LogP contribution in [0.4, 0.5) is 4.79 Å². The molecular formula is C19H28N2O3. The summed E-state index contributed by atoms with van der Waals surface area (Å²) in [6, 6.07) is 7.77. The number of benzene rings is 1. The minimum Gasteiger partial charge on any atom is -0.491 e. The zero-order valence-corrected chi connectivity index (χ0v) is 14.7. The molecule has 3 N–H and O–H groups in total. The van der Waals surface area contributed by atoms with Gasteiger partial charge in [0, 0.05) is 18.6 Å². The maximum atomic E-state index is 11.9. The maximum absolute atomic E-state index is 11.9. The summed E-state index contributed by atoms with van der Waals surface area (Å²) in [6.45, 7) is 7.42. The van der Waals surface area contributed by atoms with Crippen molar-refractivity contribution in [2.45, 2.75) is 38.6 Å². The predicted molar refractivity (Wildman–Crippen MR) is 95.3 cm³/mol. The van der Waals surface area contributed by atoms with Crippen molar-refractivity contribution in [2.75, 3.05) is 19.8 Å². The number of amides is 2. The second-order valence-electron chi connectivity index (χ2n) is 7.16. The first-order chi connectivity index (χ1) is 11.4. The highest BCUT2D eigenvalue weighted by Crippen LogP contribution is 2.30. The second-order valence-corrected chi connectivity index (χ2v) is 7.16. The number of aliphatic hydroxyl groups is 1. The van der Waals surface area contributed by atoms with Crippen LogP contribution in [0.5, 0.6) is 5.75 Å². The highest BCUT2D eigenvalue weighted by molar-refractivity contribution is 5.74. The van der Waals surface area contributed by atoms with Gasteiger partial charge in [-0.05, 0) is 23.5 Å². The number of hydrogen-bond donors (Lipinski definition) is 3. The Morgan fingerprint density at radius 2 is 2.04 bits per heavy atom. The number of carbonyl (C=O) groups excluding carboxylic acids is 1. The van der Waals surface area contributed by atoms with Crippen LogP contribution in [-0.4, -0.2) is 36.9 Å². The Bertz CT molecular complexity index is 578. The lowest BCUT2D eigenvalue weighted by atomic mass is 9.86. The number of ether oxygens (including phenoxy) is 1. The van der Waals surface area contributed by atoms with E-state index >= 15 is 0 Å². The summed E-state index contributed by atoms with van der Waals surface area (Å²) in [5.41, 5.74) is 1.17. The number of rotatable bonds is 6. The third-order valence-corrected chi connectivity index (χ3v) is 4.06. The van der Waals surface area contributed by atoms with Gasteiger partial charge in [-0.3, -0.25) is 0 Å². The van der Waals surface area contributed by atoms with Gasteiger partial charge in [0.1, 0.15) is 12.4 Å². The molecule has 0 aromatic heterocycles. The van der Waals surface area contributed by atoms with Gasteiger partial charge in [0.05, 0.1) is 6.54 Å². The van der Waals surface area contributed by atoms with E-state index in [2.05, 4.69) is 37.5 Å². The Balaban J connectivity index is 1.72. The molecule has 1 aromatic rings. The molecule has 132 valence electrons. The Kier molecular flexibility index (Phi) is 6.26. The average molecular weight is 332 g/mol. The molecule has 0 unspecified atom stereocenters. The van der Waals surface area contributed by atoms with Gasteiger partial charge in [0.2, 0.25) is 0 Å². The van der Waals surface area contributed by atoms with Crippen LogP contribution in [0.15, 0.2) is 36.4 Å². The van der Waals surface area contributed by atoms with Gasteiger partial charge in [0.15, 0.2) is 0 Å². The zero-order valence-electron chi connectivity index (χ0n) is 14.7. The van der Waals surface area contributed by atoms with Gasteiger partial charge >= 0.3 is 6.03 Å². The standard InChI is InChI=1S/C19H28N2O3/c1-19(2,3)16-6-4-5-7-17(16)24-11-10-20-18(23)21-15-9-8-14(12-15)13-22/h4-9,14-15,22H,10-13H2,1-3H3,(H2,20,21,23)/t14-,15+/m0/s1. The summed E-state index contributed by atoms with van der Waals surface area (Å²) >= 11 is 0. The quantitative estimate of drug-likeness (QED) is 0.554. The fourth-order valence-electron chi connectivity index (χ4n) is 2.77. The molecule has 0 heterocycles. The third kappa shape index (κ3) is 5.27. The maximum Gasteiger partial charge on any atom is 0.315 e. The summed E-state index contributed by atoms with van der Waals surface area (Å²) in [5, 5.41) is 14.8. The summed E-state index contributed by atoms with van der Waals surface area (Å²) < 4.78 is 5.83. The number of aliphatic hydroxyl groups excluding tert-OH is 1. The van der Waals surface area contributed by atoms with Gasteiger partial charge in [-0.15, -0.1) is 0 Å². The summed E-state index contributed by atoms with van der Waals surface area (Å²) in [4.78, 5) is 11.9. The van der Waals surface area contributed by atoms with Gasteiger partial charge < -0.3 is 20.5 Å². The van der Waals surface area contributed by atoms with E-state index in [1.165, 1.54) is 0 Å². The number of urea groups is 1. The van der Waals surface area contributed by atoms with E-state index in [-0.39, 0.29) is 30.0 Å². The molecule has 0 radical (unpaired) electrons. The Hall–Kier alpha value is -2.01. The Morgan fingerprint density at radius 1 is 1.29 bits per heavy atom. The van der Waals surface area contributed by atoms with Crippen molar-refractivity contribution in [1.82, 2.24) is 10.6 Å². The van der Waals surface area contributed by atoms with Crippen molar-refractivity contribution in [3.8, 4) is 5.75 Å². The lowest BCUT2D eigenvalue weighted by molar-refractivity contribution is 0.228. The van der Waals surface area contributed by atoms with Crippen molar-refractivity contribution in [3.05, 3.63) is 42.0 Å². The molecule has 5 nitrogen and oxygen atoms in total. The van der Waals surface area contributed by atoms with E-state index in [0.29, 0.717) is 13.2 Å². The van der Waals surface area contributed by atoms with Gasteiger partial charge in [0.25, 0.3) is 0 Å². The SMILES string of the molecule is CC(C)(C)c1ccccc1OCCNC(=O)N[C@@H]1C=C[C@H](CO)C1. The van der Waals surface area contributed by atoms with E-state index in [9.17, 15) is 4.79 Å². The van der Waals surface area contributed by atoms with Crippen LogP contribution in [0, 0.1) is 5.92 Å². The molecule has 1 aliphatic carbocycles. The lowest BCUT2D eigenvalue weighted by Crippen LogP contribution is -2.42. The van der Waals surface area contributed by atoms with Gasteiger partial charge in [-0.2, -0.15) is 0 Å². The van der Waals surface area contributed by atoms with Crippen molar-refractivity contribution >= 4 is 6.03 Å². The van der Waals surface area contributed by atoms with Crippen LogP contribution in [0.2, 0.25) is 0 Å². The molecule has 0 aliphatic heterocycles. The topological polar surface area (TPSA) is 70.6 Å². The molecule has 24 heavy (non-hydrogen) atoms. The summed E-state index contributed by atoms with van der Waals surface area (Å²) in [5.74, 6) is 1.00. The van der Waals surface area contributed by atoms with Crippen LogP contribution in [0.1, 0.15) is 32.8 Å². The molecule has 0 saturated heterocycles. The fourth-order valence-corrected chi connectivity index (χ4v) is 2.77. The fraction of sp³-hybridized carbons (Fsp3) is 0.526. The van der Waals surface area contributed by atoms with E-state index < -0.39 is 0 Å². The normalized spacial score (nSPS) is 20.0. The molecule has 1 aliphatic rings. The third-order valence-electron chi connectivity index (χ3n) is 4.06. The van der Waals surface area contributed by atoms with E-state index in [0.717, 1.165) is 17.7 Å². The zero-order chi connectivity index (χ0) is 17.6. The molecule has 0 fully saturated rings. The van der Waals surface area contributed by atoms with Crippen molar-refractivity contribution in [1.29, 1.82) is 0 Å². The predicted octanol–water partition coefficient (Wildman–Crippen LogP) is 2.60. The van der Waals surface area contributed by atoms with E-state index in [4.69, 9.17) is 9.84 Å². The number of carbonyl (C=O) groups is 1. The number of para-hydroxylation sites is 1.